The maximum absolute atomic E-state index is 14.3. The van der Waals surface area contributed by atoms with E-state index in [1.807, 2.05) is 30.3 Å². The van der Waals surface area contributed by atoms with Crippen LogP contribution in [0.1, 0.15) is 66.3 Å². The number of carbonyl (C=O) groups is 1. The van der Waals surface area contributed by atoms with E-state index >= 15 is 0 Å². The van der Waals surface area contributed by atoms with Crippen molar-refractivity contribution in [2.45, 2.75) is 50.4 Å². The van der Waals surface area contributed by atoms with Crippen molar-refractivity contribution in [3.8, 4) is 0 Å². The van der Waals surface area contributed by atoms with E-state index in [9.17, 15) is 9.18 Å². The summed E-state index contributed by atoms with van der Waals surface area (Å²) < 4.78 is 21.5. The second-order valence-corrected chi connectivity index (χ2v) is 6.48. The number of benzene rings is 1. The minimum Gasteiger partial charge on any atom is -0.378 e. The summed E-state index contributed by atoms with van der Waals surface area (Å²) in [6.07, 6.45) is 2.36. The highest BCUT2D eigenvalue weighted by atomic mass is 19.1. The molecule has 0 aliphatic carbocycles. The largest absolute Gasteiger partial charge is 0.378 e. The standard InChI is InChI=1S/C18H20FN3O2/c19-14-11-15(12-6-2-1-3-7-12)22-18(14)20-17(21-22)16(23)10-13-8-4-5-9-24-13/h1-3,6-7,13-15H,4-5,8-11H2. The van der Waals surface area contributed by atoms with Crippen molar-refractivity contribution >= 4 is 5.78 Å². The Kier molecular flexibility index (Phi) is 4.14. The molecule has 5 nitrogen and oxygen atoms in total. The number of rotatable bonds is 4. The summed E-state index contributed by atoms with van der Waals surface area (Å²) in [7, 11) is 0. The fourth-order valence-electron chi connectivity index (χ4n) is 3.52. The van der Waals surface area contributed by atoms with E-state index in [1.165, 1.54) is 0 Å². The molecule has 6 heteroatoms. The van der Waals surface area contributed by atoms with E-state index in [1.54, 1.807) is 4.68 Å². The lowest BCUT2D eigenvalue weighted by Gasteiger charge is -2.21. The Morgan fingerprint density at radius 3 is 2.88 bits per heavy atom. The number of nitrogens with zero attached hydrogens (tertiary/aromatic N) is 3. The van der Waals surface area contributed by atoms with Crippen LogP contribution in [-0.4, -0.2) is 33.3 Å². The van der Waals surface area contributed by atoms with Crippen LogP contribution in [0.15, 0.2) is 30.3 Å². The minimum atomic E-state index is -1.19. The molecule has 0 N–H and O–H groups in total. The van der Waals surface area contributed by atoms with Gasteiger partial charge in [0, 0.05) is 19.4 Å². The molecule has 3 heterocycles. The molecule has 2 aromatic rings. The number of hydrogen-bond donors (Lipinski definition) is 0. The van der Waals surface area contributed by atoms with Crippen molar-refractivity contribution < 1.29 is 13.9 Å². The Hall–Kier alpha value is -2.08. The van der Waals surface area contributed by atoms with Gasteiger partial charge < -0.3 is 4.74 Å². The van der Waals surface area contributed by atoms with Crippen LogP contribution in [0.5, 0.6) is 0 Å². The zero-order valence-electron chi connectivity index (χ0n) is 13.4. The molecule has 1 saturated heterocycles. The molecule has 1 aromatic heterocycles. The summed E-state index contributed by atoms with van der Waals surface area (Å²) in [4.78, 5) is 16.6. The Balaban J connectivity index is 1.55. The highest BCUT2D eigenvalue weighted by Gasteiger charge is 2.36. The third kappa shape index (κ3) is 2.86. The number of ether oxygens (including phenoxy) is 1. The first kappa shape index (κ1) is 15.4. The van der Waals surface area contributed by atoms with Crippen molar-refractivity contribution in [1.82, 2.24) is 14.8 Å². The van der Waals surface area contributed by atoms with Crippen LogP contribution in [0.3, 0.4) is 0 Å². The van der Waals surface area contributed by atoms with Gasteiger partial charge in [-0.15, -0.1) is 5.10 Å². The Bertz CT molecular complexity index is 725. The first-order valence-corrected chi connectivity index (χ1v) is 8.52. The first-order valence-electron chi connectivity index (χ1n) is 8.52. The molecule has 3 unspecified atom stereocenters. The van der Waals surface area contributed by atoms with Gasteiger partial charge in [0.25, 0.3) is 0 Å². The van der Waals surface area contributed by atoms with Crippen molar-refractivity contribution in [2.75, 3.05) is 6.61 Å². The number of ketones is 1. The second kappa shape index (κ2) is 6.43. The van der Waals surface area contributed by atoms with Crippen LogP contribution in [0.2, 0.25) is 0 Å². The topological polar surface area (TPSA) is 57.0 Å². The number of aromatic nitrogens is 3. The maximum Gasteiger partial charge on any atom is 0.217 e. The van der Waals surface area contributed by atoms with Gasteiger partial charge in [-0.2, -0.15) is 0 Å². The summed E-state index contributed by atoms with van der Waals surface area (Å²) in [6, 6.07) is 9.47. The van der Waals surface area contributed by atoms with Crippen molar-refractivity contribution in [1.29, 1.82) is 0 Å². The zero-order valence-corrected chi connectivity index (χ0v) is 13.4. The van der Waals surface area contributed by atoms with Crippen LogP contribution >= 0.6 is 0 Å². The highest BCUT2D eigenvalue weighted by molar-refractivity contribution is 5.92. The third-order valence-corrected chi connectivity index (χ3v) is 4.78. The van der Waals surface area contributed by atoms with Crippen LogP contribution < -0.4 is 0 Å². The lowest BCUT2D eigenvalue weighted by Crippen LogP contribution is -2.23. The number of halogens is 1. The van der Waals surface area contributed by atoms with E-state index in [4.69, 9.17) is 4.74 Å². The van der Waals surface area contributed by atoms with E-state index in [2.05, 4.69) is 10.1 Å². The van der Waals surface area contributed by atoms with E-state index in [0.29, 0.717) is 13.0 Å². The van der Waals surface area contributed by atoms with Gasteiger partial charge in [0.15, 0.2) is 12.0 Å². The van der Waals surface area contributed by atoms with Gasteiger partial charge in [-0.25, -0.2) is 14.1 Å². The van der Waals surface area contributed by atoms with Crippen LogP contribution in [0.4, 0.5) is 4.39 Å². The summed E-state index contributed by atoms with van der Waals surface area (Å²) >= 11 is 0. The summed E-state index contributed by atoms with van der Waals surface area (Å²) in [5, 5.41) is 4.32. The second-order valence-electron chi connectivity index (χ2n) is 6.48. The number of Topliss-reactive ketones (excluding diaryl/α,β-unsaturated/α-hetero) is 1. The third-order valence-electron chi connectivity index (χ3n) is 4.78. The average molecular weight is 329 g/mol. The molecule has 0 saturated carbocycles. The zero-order chi connectivity index (χ0) is 16.5. The van der Waals surface area contributed by atoms with Crippen molar-refractivity contribution in [2.24, 2.45) is 0 Å². The normalized spacial score (nSPS) is 26.3. The monoisotopic (exact) mass is 329 g/mol. The molecule has 126 valence electrons. The van der Waals surface area contributed by atoms with Crippen LogP contribution in [0.25, 0.3) is 0 Å². The number of carbonyl (C=O) groups excluding carboxylic acids is 1. The van der Waals surface area contributed by atoms with Gasteiger partial charge in [-0.3, -0.25) is 4.79 Å². The summed E-state index contributed by atoms with van der Waals surface area (Å²) in [5.41, 5.74) is 0.985. The molecule has 0 spiro atoms. The van der Waals surface area contributed by atoms with Gasteiger partial charge in [-0.1, -0.05) is 30.3 Å². The Morgan fingerprint density at radius 1 is 1.29 bits per heavy atom. The molecule has 0 amide bonds. The van der Waals surface area contributed by atoms with Crippen molar-refractivity contribution in [3.63, 3.8) is 0 Å². The lowest BCUT2D eigenvalue weighted by atomic mass is 10.0. The van der Waals surface area contributed by atoms with Gasteiger partial charge in [-0.05, 0) is 24.8 Å². The molecule has 24 heavy (non-hydrogen) atoms. The van der Waals surface area contributed by atoms with E-state index in [-0.39, 0.29) is 36.0 Å². The molecule has 2 aliphatic rings. The molecule has 3 atom stereocenters. The fourth-order valence-corrected chi connectivity index (χ4v) is 3.52. The predicted molar refractivity (Wildman–Crippen MR) is 85.6 cm³/mol. The molecular weight excluding hydrogens is 309 g/mol. The van der Waals surface area contributed by atoms with Crippen LogP contribution in [0, 0.1) is 0 Å². The maximum atomic E-state index is 14.3. The minimum absolute atomic E-state index is 0.0596. The summed E-state index contributed by atoms with van der Waals surface area (Å²) in [6.45, 7) is 0.702. The van der Waals surface area contributed by atoms with Crippen molar-refractivity contribution in [3.05, 3.63) is 47.5 Å². The molecule has 1 aromatic carbocycles. The first-order chi connectivity index (χ1) is 11.7. The number of fused-ring (bicyclic) bond motifs is 1. The van der Waals surface area contributed by atoms with Gasteiger partial charge >= 0.3 is 0 Å². The van der Waals surface area contributed by atoms with Gasteiger partial charge in [0.2, 0.25) is 11.6 Å². The van der Waals surface area contributed by atoms with E-state index in [0.717, 1.165) is 24.8 Å². The molecule has 1 fully saturated rings. The molecule has 4 rings (SSSR count). The molecule has 0 bridgehead atoms. The Labute approximate surface area is 139 Å². The molecular formula is C18H20FN3O2. The smallest absolute Gasteiger partial charge is 0.217 e. The quantitative estimate of drug-likeness (QED) is 0.807. The fraction of sp³-hybridized carbons (Fsp3) is 0.500. The van der Waals surface area contributed by atoms with E-state index < -0.39 is 6.17 Å². The lowest BCUT2D eigenvalue weighted by molar-refractivity contribution is 0.0126. The van der Waals surface area contributed by atoms with Gasteiger partial charge in [0.1, 0.15) is 0 Å². The average Bonchev–Trinajstić information content (AvgIpc) is 3.18. The summed E-state index contributed by atoms with van der Waals surface area (Å²) in [5.74, 6) is 0.210. The SMILES string of the molecule is O=C(CC1CCCCO1)c1nc2n(n1)C(c1ccccc1)CC2F. The number of hydrogen-bond acceptors (Lipinski definition) is 4. The Morgan fingerprint density at radius 2 is 2.12 bits per heavy atom. The van der Waals surface area contributed by atoms with Gasteiger partial charge in [0.05, 0.1) is 12.1 Å². The highest BCUT2D eigenvalue weighted by Crippen LogP contribution is 2.39. The predicted octanol–water partition coefficient (Wildman–Crippen LogP) is 3.42. The molecule has 0 radical (unpaired) electrons. The molecule has 2 aliphatic heterocycles. The van der Waals surface area contributed by atoms with Crippen LogP contribution in [-0.2, 0) is 4.74 Å². The number of alkyl halides is 1.